The number of allylic oxidation sites excluding steroid dienone is 2. The average Bonchev–Trinajstić information content (AvgIpc) is 3.17. The molecular weight excluding hydrogens is 394 g/mol. The Labute approximate surface area is 180 Å². The van der Waals surface area contributed by atoms with Gasteiger partial charge in [0.25, 0.3) is 5.69 Å². The predicted molar refractivity (Wildman–Crippen MR) is 122 cm³/mol. The quantitative estimate of drug-likeness (QED) is 0.258. The normalized spacial score (nSPS) is 14.6. The SMILES string of the molecule is Cc1ccc(N=c2scc(-c3ccc([N+](=O)[O-])cc3)n2CCC2=CCCCC2)cc1. The summed E-state index contributed by atoms with van der Waals surface area (Å²) in [7, 11) is 0. The summed E-state index contributed by atoms with van der Waals surface area (Å²) in [5.74, 6) is 0. The molecule has 0 saturated heterocycles. The molecule has 1 aliphatic rings. The molecule has 0 aliphatic heterocycles. The van der Waals surface area contributed by atoms with Crippen LogP contribution in [-0.2, 0) is 6.54 Å². The maximum Gasteiger partial charge on any atom is 0.269 e. The molecule has 4 rings (SSSR count). The van der Waals surface area contributed by atoms with Crippen molar-refractivity contribution in [1.82, 2.24) is 4.57 Å². The molecule has 1 heterocycles. The van der Waals surface area contributed by atoms with Crippen LogP contribution in [0.25, 0.3) is 11.3 Å². The Balaban J connectivity index is 1.71. The third-order valence-electron chi connectivity index (χ3n) is 5.47. The van der Waals surface area contributed by atoms with E-state index in [2.05, 4.69) is 35.1 Å². The molecule has 0 atom stereocenters. The number of hydrogen-bond acceptors (Lipinski definition) is 4. The van der Waals surface area contributed by atoms with Crippen molar-refractivity contribution < 1.29 is 4.92 Å². The van der Waals surface area contributed by atoms with Gasteiger partial charge in [-0.15, -0.1) is 11.3 Å². The zero-order valence-electron chi connectivity index (χ0n) is 17.1. The molecule has 1 aliphatic carbocycles. The third kappa shape index (κ3) is 4.76. The van der Waals surface area contributed by atoms with E-state index < -0.39 is 0 Å². The van der Waals surface area contributed by atoms with Crippen molar-refractivity contribution >= 4 is 22.7 Å². The van der Waals surface area contributed by atoms with E-state index in [1.165, 1.54) is 36.8 Å². The number of nitrogens with zero attached hydrogens (tertiary/aromatic N) is 3. The van der Waals surface area contributed by atoms with E-state index in [0.717, 1.165) is 34.7 Å². The number of nitro benzene ring substituents is 1. The molecule has 0 fully saturated rings. The number of hydrogen-bond donors (Lipinski definition) is 0. The van der Waals surface area contributed by atoms with Crippen molar-refractivity contribution in [2.24, 2.45) is 4.99 Å². The van der Waals surface area contributed by atoms with E-state index in [0.29, 0.717) is 0 Å². The summed E-state index contributed by atoms with van der Waals surface area (Å²) < 4.78 is 2.25. The summed E-state index contributed by atoms with van der Waals surface area (Å²) in [6, 6.07) is 15.0. The summed E-state index contributed by atoms with van der Waals surface area (Å²) in [5.41, 5.74) is 5.80. The first-order valence-electron chi connectivity index (χ1n) is 10.3. The number of thiazole rings is 1. The highest BCUT2D eigenvalue weighted by Gasteiger charge is 2.12. The Morgan fingerprint density at radius 1 is 1.10 bits per heavy atom. The number of nitro groups is 1. The lowest BCUT2D eigenvalue weighted by atomic mass is 9.97. The molecule has 30 heavy (non-hydrogen) atoms. The van der Waals surface area contributed by atoms with E-state index >= 15 is 0 Å². The van der Waals surface area contributed by atoms with E-state index in [1.807, 2.05) is 24.3 Å². The van der Waals surface area contributed by atoms with Gasteiger partial charge in [-0.2, -0.15) is 0 Å². The van der Waals surface area contributed by atoms with Crippen molar-refractivity contribution in [1.29, 1.82) is 0 Å². The Morgan fingerprint density at radius 3 is 2.53 bits per heavy atom. The Kier molecular flexibility index (Phi) is 6.23. The zero-order valence-corrected chi connectivity index (χ0v) is 17.9. The van der Waals surface area contributed by atoms with Crippen molar-refractivity contribution in [2.45, 2.75) is 45.6 Å². The summed E-state index contributed by atoms with van der Waals surface area (Å²) in [6.45, 7) is 2.92. The minimum atomic E-state index is -0.362. The van der Waals surface area contributed by atoms with E-state index in [4.69, 9.17) is 4.99 Å². The molecule has 5 nitrogen and oxygen atoms in total. The molecule has 0 amide bonds. The lowest BCUT2D eigenvalue weighted by Crippen LogP contribution is -2.16. The van der Waals surface area contributed by atoms with E-state index in [1.54, 1.807) is 23.5 Å². The maximum absolute atomic E-state index is 11.0. The first kappa shape index (κ1) is 20.3. The van der Waals surface area contributed by atoms with Crippen molar-refractivity contribution in [3.8, 4) is 11.3 Å². The van der Waals surface area contributed by atoms with Gasteiger partial charge in [0.1, 0.15) is 0 Å². The van der Waals surface area contributed by atoms with Crippen LogP contribution in [0, 0.1) is 17.0 Å². The highest BCUT2D eigenvalue weighted by Crippen LogP contribution is 2.26. The molecule has 0 saturated carbocycles. The molecule has 2 aromatic carbocycles. The van der Waals surface area contributed by atoms with Crippen LogP contribution >= 0.6 is 11.3 Å². The van der Waals surface area contributed by atoms with Crippen LogP contribution in [0.3, 0.4) is 0 Å². The summed E-state index contributed by atoms with van der Waals surface area (Å²) in [5, 5.41) is 13.1. The summed E-state index contributed by atoms with van der Waals surface area (Å²) >= 11 is 1.61. The molecule has 0 bridgehead atoms. The second-order valence-corrected chi connectivity index (χ2v) is 8.50. The predicted octanol–water partition coefficient (Wildman–Crippen LogP) is 6.56. The van der Waals surface area contributed by atoms with Crippen molar-refractivity contribution in [3.63, 3.8) is 0 Å². The molecule has 0 unspecified atom stereocenters. The van der Waals surface area contributed by atoms with Gasteiger partial charge in [0, 0.05) is 24.1 Å². The second-order valence-electron chi connectivity index (χ2n) is 7.66. The molecule has 6 heteroatoms. The molecule has 3 aromatic rings. The molecule has 0 N–H and O–H groups in total. The van der Waals surface area contributed by atoms with Gasteiger partial charge >= 0.3 is 0 Å². The van der Waals surface area contributed by atoms with Gasteiger partial charge in [0.05, 0.1) is 16.3 Å². The smallest absolute Gasteiger partial charge is 0.269 e. The number of benzene rings is 2. The third-order valence-corrected chi connectivity index (χ3v) is 6.34. The van der Waals surface area contributed by atoms with Gasteiger partial charge < -0.3 is 4.57 Å². The average molecular weight is 420 g/mol. The fraction of sp³-hybridized carbons (Fsp3) is 0.292. The van der Waals surface area contributed by atoms with Crippen molar-refractivity contribution in [3.05, 3.63) is 86.0 Å². The minimum Gasteiger partial charge on any atom is -0.316 e. The van der Waals surface area contributed by atoms with Crippen LogP contribution in [0.15, 0.2) is 70.6 Å². The molecular formula is C24H25N3O2S. The van der Waals surface area contributed by atoms with Crippen LogP contribution in [0.4, 0.5) is 11.4 Å². The van der Waals surface area contributed by atoms with Gasteiger partial charge in [-0.3, -0.25) is 10.1 Å². The monoisotopic (exact) mass is 419 g/mol. The Hall–Kier alpha value is -2.99. The summed E-state index contributed by atoms with van der Waals surface area (Å²) in [4.78, 5) is 16.5. The fourth-order valence-electron chi connectivity index (χ4n) is 3.74. The van der Waals surface area contributed by atoms with Crippen LogP contribution in [0.1, 0.15) is 37.7 Å². The lowest BCUT2D eigenvalue weighted by Gasteiger charge is -2.14. The highest BCUT2D eigenvalue weighted by atomic mass is 32.1. The lowest BCUT2D eigenvalue weighted by molar-refractivity contribution is -0.384. The Bertz CT molecular complexity index is 1120. The minimum absolute atomic E-state index is 0.109. The van der Waals surface area contributed by atoms with Crippen LogP contribution in [0.5, 0.6) is 0 Å². The van der Waals surface area contributed by atoms with Gasteiger partial charge in [-0.1, -0.05) is 29.3 Å². The first-order valence-corrected chi connectivity index (χ1v) is 11.2. The fourth-order valence-corrected chi connectivity index (χ4v) is 4.69. The highest BCUT2D eigenvalue weighted by molar-refractivity contribution is 7.07. The molecule has 0 spiro atoms. The second kappa shape index (κ2) is 9.22. The standard InChI is InChI=1S/C24H25N3O2S/c1-18-7-11-21(12-8-18)25-24-26(16-15-19-5-3-2-4-6-19)23(17-30-24)20-9-13-22(14-10-20)27(28)29/h5,7-14,17H,2-4,6,15-16H2,1H3. The van der Waals surface area contributed by atoms with E-state index in [9.17, 15) is 10.1 Å². The van der Waals surface area contributed by atoms with Gasteiger partial charge in [-0.25, -0.2) is 4.99 Å². The molecule has 1 aromatic heterocycles. The number of aryl methyl sites for hydroxylation is 1. The zero-order chi connectivity index (χ0) is 20.9. The van der Waals surface area contributed by atoms with E-state index in [-0.39, 0.29) is 10.6 Å². The first-order chi connectivity index (χ1) is 14.6. The van der Waals surface area contributed by atoms with Gasteiger partial charge in [0.15, 0.2) is 4.80 Å². The van der Waals surface area contributed by atoms with Crippen LogP contribution in [0.2, 0.25) is 0 Å². The van der Waals surface area contributed by atoms with Crippen LogP contribution < -0.4 is 4.80 Å². The number of non-ortho nitro benzene ring substituents is 1. The Morgan fingerprint density at radius 2 is 1.87 bits per heavy atom. The van der Waals surface area contributed by atoms with Crippen LogP contribution in [-0.4, -0.2) is 9.49 Å². The van der Waals surface area contributed by atoms with Gasteiger partial charge in [-0.05, 0) is 68.9 Å². The number of rotatable bonds is 6. The molecule has 0 radical (unpaired) electrons. The summed E-state index contributed by atoms with van der Waals surface area (Å²) in [6.07, 6.45) is 8.32. The maximum atomic E-state index is 11.0. The van der Waals surface area contributed by atoms with Gasteiger partial charge in [0.2, 0.25) is 0 Å². The van der Waals surface area contributed by atoms with Crippen molar-refractivity contribution in [2.75, 3.05) is 0 Å². The largest absolute Gasteiger partial charge is 0.316 e. The molecule has 154 valence electrons. The number of aromatic nitrogens is 1. The topological polar surface area (TPSA) is 60.4 Å².